The Kier molecular flexibility index (Phi) is 11.8. The van der Waals surface area contributed by atoms with E-state index in [9.17, 15) is 19.5 Å². The molecule has 168 valence electrons. The molecule has 29 heavy (non-hydrogen) atoms. The number of carbonyl (C=O) groups is 3. The number of esters is 3. The van der Waals surface area contributed by atoms with Crippen molar-refractivity contribution in [1.82, 2.24) is 0 Å². The second kappa shape index (κ2) is 13.5. The lowest BCUT2D eigenvalue weighted by Gasteiger charge is -2.42. The van der Waals surface area contributed by atoms with Gasteiger partial charge in [0.05, 0.1) is 0 Å². The van der Waals surface area contributed by atoms with Crippen LogP contribution in [-0.2, 0) is 38.1 Å². The van der Waals surface area contributed by atoms with Crippen LogP contribution in [0.3, 0.4) is 0 Å². The van der Waals surface area contributed by atoms with Gasteiger partial charge in [0.1, 0.15) is 18.8 Å². The molecule has 1 rings (SSSR count). The summed E-state index contributed by atoms with van der Waals surface area (Å²) in [6, 6.07) is 0. The van der Waals surface area contributed by atoms with Crippen molar-refractivity contribution >= 4 is 17.9 Å². The number of carbonyl (C=O) groups excluding carboxylic acids is 3. The Bertz CT molecular complexity index is 520. The van der Waals surface area contributed by atoms with E-state index in [1.54, 1.807) is 0 Å². The molecule has 1 N–H and O–H groups in total. The van der Waals surface area contributed by atoms with E-state index in [-0.39, 0.29) is 6.61 Å². The van der Waals surface area contributed by atoms with E-state index in [0.717, 1.165) is 19.3 Å². The van der Waals surface area contributed by atoms with Gasteiger partial charge in [0.15, 0.2) is 18.5 Å². The van der Waals surface area contributed by atoms with Crippen molar-refractivity contribution in [2.24, 2.45) is 0 Å². The molecular weight excluding hydrogens is 384 g/mol. The lowest BCUT2D eigenvalue weighted by Crippen LogP contribution is -2.61. The molecule has 0 aliphatic carbocycles. The van der Waals surface area contributed by atoms with E-state index in [1.165, 1.54) is 40.0 Å². The summed E-state index contributed by atoms with van der Waals surface area (Å²) in [7, 11) is 0. The zero-order valence-corrected chi connectivity index (χ0v) is 17.8. The van der Waals surface area contributed by atoms with Gasteiger partial charge in [-0.05, 0) is 6.42 Å². The van der Waals surface area contributed by atoms with Crippen molar-refractivity contribution in [2.75, 3.05) is 13.2 Å². The Morgan fingerprint density at radius 1 is 0.862 bits per heavy atom. The summed E-state index contributed by atoms with van der Waals surface area (Å²) in [6.45, 7) is 5.86. The molecule has 9 heteroatoms. The quantitative estimate of drug-likeness (QED) is 0.288. The van der Waals surface area contributed by atoms with Gasteiger partial charge >= 0.3 is 17.9 Å². The zero-order chi connectivity index (χ0) is 21.8. The summed E-state index contributed by atoms with van der Waals surface area (Å²) in [5, 5.41) is 10.7. The Balaban J connectivity index is 2.77. The number of hydrogen-bond donors (Lipinski definition) is 1. The third-order valence-electron chi connectivity index (χ3n) is 4.45. The van der Waals surface area contributed by atoms with Gasteiger partial charge in [-0.15, -0.1) is 0 Å². The Morgan fingerprint density at radius 2 is 1.45 bits per heavy atom. The zero-order valence-electron chi connectivity index (χ0n) is 17.8. The SMILES string of the molecule is CCCCCCCCO[C@@H]1O[C@H](COC(C)=O)[C@@H](OC(C)=O)[C@H](O)[C@H]1OC(C)=O. The Labute approximate surface area is 172 Å². The van der Waals surface area contributed by atoms with Gasteiger partial charge in [-0.3, -0.25) is 14.4 Å². The molecule has 1 saturated heterocycles. The van der Waals surface area contributed by atoms with Crippen LogP contribution in [0.4, 0.5) is 0 Å². The summed E-state index contributed by atoms with van der Waals surface area (Å²) in [5.74, 6) is -1.83. The van der Waals surface area contributed by atoms with E-state index in [0.29, 0.717) is 6.61 Å². The van der Waals surface area contributed by atoms with Crippen LogP contribution in [0.1, 0.15) is 66.2 Å². The van der Waals surface area contributed by atoms with Crippen LogP contribution < -0.4 is 0 Å². The normalized spacial score (nSPS) is 26.6. The number of ether oxygens (including phenoxy) is 5. The second-order valence-corrected chi connectivity index (χ2v) is 7.12. The fourth-order valence-electron chi connectivity index (χ4n) is 3.10. The van der Waals surface area contributed by atoms with Crippen molar-refractivity contribution in [3.05, 3.63) is 0 Å². The maximum absolute atomic E-state index is 11.5. The topological polar surface area (TPSA) is 118 Å². The van der Waals surface area contributed by atoms with Crippen LogP contribution >= 0.6 is 0 Å². The van der Waals surface area contributed by atoms with Crippen molar-refractivity contribution in [2.45, 2.75) is 96.9 Å². The molecule has 5 atom stereocenters. The number of aliphatic hydroxyl groups excluding tert-OH is 1. The number of rotatable bonds is 12. The lowest BCUT2D eigenvalue weighted by molar-refractivity contribution is -0.306. The van der Waals surface area contributed by atoms with Gasteiger partial charge < -0.3 is 28.8 Å². The Hall–Kier alpha value is -1.71. The van der Waals surface area contributed by atoms with Crippen LogP contribution in [0, 0.1) is 0 Å². The minimum Gasteiger partial charge on any atom is -0.463 e. The van der Waals surface area contributed by atoms with Gasteiger partial charge in [0.25, 0.3) is 0 Å². The van der Waals surface area contributed by atoms with Crippen molar-refractivity contribution < 1.29 is 43.2 Å². The predicted octanol–water partition coefficient (Wildman–Crippen LogP) is 1.88. The fourth-order valence-corrected chi connectivity index (χ4v) is 3.10. The summed E-state index contributed by atoms with van der Waals surface area (Å²) < 4.78 is 26.8. The highest BCUT2D eigenvalue weighted by molar-refractivity contribution is 5.67. The first-order chi connectivity index (χ1) is 13.8. The molecule has 0 amide bonds. The summed E-state index contributed by atoms with van der Waals surface area (Å²) in [5.41, 5.74) is 0. The van der Waals surface area contributed by atoms with Crippen molar-refractivity contribution in [3.63, 3.8) is 0 Å². The highest BCUT2D eigenvalue weighted by atomic mass is 16.7. The van der Waals surface area contributed by atoms with Gasteiger partial charge in [-0.1, -0.05) is 39.0 Å². The van der Waals surface area contributed by atoms with Gasteiger partial charge in [-0.25, -0.2) is 0 Å². The monoisotopic (exact) mass is 418 g/mol. The first kappa shape index (κ1) is 25.3. The van der Waals surface area contributed by atoms with Gasteiger partial charge in [-0.2, -0.15) is 0 Å². The molecule has 0 aromatic heterocycles. The predicted molar refractivity (Wildman–Crippen MR) is 102 cm³/mol. The molecule has 0 unspecified atom stereocenters. The van der Waals surface area contributed by atoms with E-state index in [4.69, 9.17) is 23.7 Å². The van der Waals surface area contributed by atoms with Crippen LogP contribution in [0.25, 0.3) is 0 Å². The van der Waals surface area contributed by atoms with E-state index < -0.39 is 48.6 Å². The summed E-state index contributed by atoms with van der Waals surface area (Å²) in [6.07, 6.45) is 0.625. The highest BCUT2D eigenvalue weighted by Gasteiger charge is 2.50. The van der Waals surface area contributed by atoms with Crippen LogP contribution in [-0.4, -0.2) is 66.9 Å². The largest absolute Gasteiger partial charge is 0.463 e. The maximum Gasteiger partial charge on any atom is 0.303 e. The molecule has 1 heterocycles. The van der Waals surface area contributed by atoms with Crippen LogP contribution in [0.2, 0.25) is 0 Å². The van der Waals surface area contributed by atoms with E-state index in [2.05, 4.69) is 6.92 Å². The van der Waals surface area contributed by atoms with Crippen molar-refractivity contribution in [3.8, 4) is 0 Å². The molecule has 0 aromatic rings. The second-order valence-electron chi connectivity index (χ2n) is 7.12. The molecule has 0 spiro atoms. The molecular formula is C20H34O9. The molecule has 0 saturated carbocycles. The molecule has 1 aliphatic rings. The molecule has 0 bridgehead atoms. The third kappa shape index (κ3) is 9.56. The van der Waals surface area contributed by atoms with Crippen LogP contribution in [0.5, 0.6) is 0 Å². The highest BCUT2D eigenvalue weighted by Crippen LogP contribution is 2.27. The fraction of sp³-hybridized carbons (Fsp3) is 0.850. The molecule has 0 radical (unpaired) electrons. The van der Waals surface area contributed by atoms with E-state index >= 15 is 0 Å². The molecule has 1 fully saturated rings. The van der Waals surface area contributed by atoms with Gasteiger partial charge in [0, 0.05) is 27.4 Å². The molecule has 1 aliphatic heterocycles. The maximum atomic E-state index is 11.5. The summed E-state index contributed by atoms with van der Waals surface area (Å²) >= 11 is 0. The number of aliphatic hydroxyl groups is 1. The first-order valence-electron chi connectivity index (χ1n) is 10.2. The van der Waals surface area contributed by atoms with E-state index in [1.807, 2.05) is 0 Å². The van der Waals surface area contributed by atoms with Crippen molar-refractivity contribution in [1.29, 1.82) is 0 Å². The number of hydrogen-bond acceptors (Lipinski definition) is 9. The van der Waals surface area contributed by atoms with Gasteiger partial charge in [0.2, 0.25) is 0 Å². The first-order valence-corrected chi connectivity index (χ1v) is 10.2. The Morgan fingerprint density at radius 3 is 2.03 bits per heavy atom. The standard InChI is InChI=1S/C20H34O9/c1-5-6-7-8-9-10-11-25-20-19(28-15(4)23)17(24)18(27-14(3)22)16(29-20)12-26-13(2)21/h16-20,24H,5-12H2,1-4H3/t16-,17+,18-,19-,20-/m1/s1. The summed E-state index contributed by atoms with van der Waals surface area (Å²) in [4.78, 5) is 34.1. The average molecular weight is 418 g/mol. The minimum atomic E-state index is -1.40. The number of unbranched alkanes of at least 4 members (excludes halogenated alkanes) is 5. The molecule has 0 aromatic carbocycles. The smallest absolute Gasteiger partial charge is 0.303 e. The minimum absolute atomic E-state index is 0.242. The molecule has 9 nitrogen and oxygen atoms in total. The third-order valence-corrected chi connectivity index (χ3v) is 4.45. The van der Waals surface area contributed by atoms with Crippen LogP contribution in [0.15, 0.2) is 0 Å². The average Bonchev–Trinajstić information content (AvgIpc) is 2.63. The lowest BCUT2D eigenvalue weighted by atomic mass is 9.98.